The molecule has 1 aromatic rings. The lowest BCUT2D eigenvalue weighted by Crippen LogP contribution is -2.12. The van der Waals surface area contributed by atoms with E-state index in [9.17, 15) is 10.1 Å². The molecule has 0 atom stereocenters. The third-order valence-electron chi connectivity index (χ3n) is 3.32. The third-order valence-corrected chi connectivity index (χ3v) is 3.32. The van der Waals surface area contributed by atoms with Crippen LogP contribution in [0.3, 0.4) is 0 Å². The van der Waals surface area contributed by atoms with Crippen molar-refractivity contribution in [1.82, 2.24) is 4.98 Å². The summed E-state index contributed by atoms with van der Waals surface area (Å²) in [6.07, 6.45) is 6.65. The molecule has 0 aromatic carbocycles. The Hall–Kier alpha value is -1.65. The predicted octanol–water partition coefficient (Wildman–Crippen LogP) is 2.90. The first-order valence-electron chi connectivity index (χ1n) is 6.01. The van der Waals surface area contributed by atoms with Gasteiger partial charge in [-0.2, -0.15) is 0 Å². The lowest BCUT2D eigenvalue weighted by molar-refractivity contribution is -0.385. The average molecular weight is 235 g/mol. The van der Waals surface area contributed by atoms with Gasteiger partial charge in [-0.1, -0.05) is 12.8 Å². The SMILES string of the molecule is Cc1cnc(NCC2CCCC2)cc1[N+](=O)[O-]. The van der Waals surface area contributed by atoms with Gasteiger partial charge in [0, 0.05) is 18.3 Å². The fourth-order valence-electron chi connectivity index (χ4n) is 2.27. The van der Waals surface area contributed by atoms with Crippen LogP contribution in [0.1, 0.15) is 31.2 Å². The molecule has 1 aliphatic carbocycles. The molecule has 0 spiro atoms. The number of aromatic nitrogens is 1. The molecule has 0 amide bonds. The van der Waals surface area contributed by atoms with Gasteiger partial charge in [-0.25, -0.2) is 4.98 Å². The first-order chi connectivity index (χ1) is 8.16. The first kappa shape index (κ1) is 11.8. The number of nitrogens with zero attached hydrogens (tertiary/aromatic N) is 2. The minimum absolute atomic E-state index is 0.133. The van der Waals surface area contributed by atoms with Crippen molar-refractivity contribution in [2.75, 3.05) is 11.9 Å². The molecule has 2 rings (SSSR count). The fraction of sp³-hybridized carbons (Fsp3) is 0.583. The van der Waals surface area contributed by atoms with Gasteiger partial charge in [-0.3, -0.25) is 10.1 Å². The second-order valence-electron chi connectivity index (χ2n) is 4.64. The van der Waals surface area contributed by atoms with Crippen LogP contribution in [0.25, 0.3) is 0 Å². The van der Waals surface area contributed by atoms with Crippen molar-refractivity contribution in [2.24, 2.45) is 5.92 Å². The molecular formula is C12H17N3O2. The van der Waals surface area contributed by atoms with Crippen LogP contribution in [-0.2, 0) is 0 Å². The zero-order chi connectivity index (χ0) is 12.3. The van der Waals surface area contributed by atoms with Crippen LogP contribution in [0.4, 0.5) is 11.5 Å². The highest BCUT2D eigenvalue weighted by molar-refractivity contribution is 5.48. The fourth-order valence-corrected chi connectivity index (χ4v) is 2.27. The molecule has 0 bridgehead atoms. The van der Waals surface area contributed by atoms with Gasteiger partial charge in [0.25, 0.3) is 5.69 Å². The minimum atomic E-state index is -0.363. The average Bonchev–Trinajstić information content (AvgIpc) is 2.80. The van der Waals surface area contributed by atoms with Gasteiger partial charge in [0.05, 0.1) is 11.0 Å². The van der Waals surface area contributed by atoms with Gasteiger partial charge in [0.15, 0.2) is 0 Å². The molecule has 1 heterocycles. The molecule has 0 unspecified atom stereocenters. The van der Waals surface area contributed by atoms with Crippen molar-refractivity contribution in [2.45, 2.75) is 32.6 Å². The highest BCUT2D eigenvalue weighted by Crippen LogP contribution is 2.25. The summed E-state index contributed by atoms with van der Waals surface area (Å²) in [5.41, 5.74) is 0.732. The molecular weight excluding hydrogens is 218 g/mol. The Balaban J connectivity index is 2.00. The van der Waals surface area contributed by atoms with Crippen molar-refractivity contribution in [1.29, 1.82) is 0 Å². The monoisotopic (exact) mass is 235 g/mol. The van der Waals surface area contributed by atoms with Crippen molar-refractivity contribution >= 4 is 11.5 Å². The Morgan fingerprint density at radius 1 is 1.53 bits per heavy atom. The number of nitro groups is 1. The van der Waals surface area contributed by atoms with Crippen LogP contribution in [0, 0.1) is 23.0 Å². The van der Waals surface area contributed by atoms with Crippen molar-refractivity contribution in [3.8, 4) is 0 Å². The molecule has 0 aliphatic heterocycles. The van der Waals surface area contributed by atoms with Gasteiger partial charge < -0.3 is 5.32 Å². The van der Waals surface area contributed by atoms with Crippen LogP contribution in [0.5, 0.6) is 0 Å². The lowest BCUT2D eigenvalue weighted by Gasteiger charge is -2.11. The van der Waals surface area contributed by atoms with Gasteiger partial charge in [-0.05, 0) is 25.7 Å². The van der Waals surface area contributed by atoms with E-state index in [0.29, 0.717) is 17.3 Å². The van der Waals surface area contributed by atoms with E-state index in [1.807, 2.05) is 0 Å². The molecule has 0 radical (unpaired) electrons. The normalized spacial score (nSPS) is 16.1. The van der Waals surface area contributed by atoms with Crippen LogP contribution < -0.4 is 5.32 Å². The lowest BCUT2D eigenvalue weighted by atomic mass is 10.1. The topological polar surface area (TPSA) is 68.1 Å². The van der Waals surface area contributed by atoms with Gasteiger partial charge >= 0.3 is 0 Å². The van der Waals surface area contributed by atoms with Gasteiger partial charge in [0.1, 0.15) is 5.82 Å². The Bertz CT molecular complexity index is 414. The maximum Gasteiger partial charge on any atom is 0.277 e. The number of anilines is 1. The Labute approximate surface area is 100 Å². The van der Waals surface area contributed by atoms with Crippen LogP contribution in [0.2, 0.25) is 0 Å². The summed E-state index contributed by atoms with van der Waals surface area (Å²) in [6, 6.07) is 1.52. The van der Waals surface area contributed by atoms with E-state index >= 15 is 0 Å². The molecule has 5 heteroatoms. The van der Waals surface area contributed by atoms with E-state index in [4.69, 9.17) is 0 Å². The largest absolute Gasteiger partial charge is 0.370 e. The Kier molecular flexibility index (Phi) is 3.56. The maximum absolute atomic E-state index is 10.8. The van der Waals surface area contributed by atoms with Crippen LogP contribution >= 0.6 is 0 Å². The molecule has 5 nitrogen and oxygen atoms in total. The van der Waals surface area contributed by atoms with E-state index in [1.54, 1.807) is 13.1 Å². The number of pyridine rings is 1. The molecule has 1 saturated carbocycles. The van der Waals surface area contributed by atoms with Crippen molar-refractivity contribution in [3.63, 3.8) is 0 Å². The van der Waals surface area contributed by atoms with Crippen LogP contribution in [0.15, 0.2) is 12.3 Å². The molecule has 1 fully saturated rings. The van der Waals surface area contributed by atoms with E-state index in [2.05, 4.69) is 10.3 Å². The maximum atomic E-state index is 10.8. The minimum Gasteiger partial charge on any atom is -0.370 e. The smallest absolute Gasteiger partial charge is 0.277 e. The van der Waals surface area contributed by atoms with E-state index in [-0.39, 0.29) is 10.6 Å². The highest BCUT2D eigenvalue weighted by Gasteiger charge is 2.16. The summed E-state index contributed by atoms with van der Waals surface area (Å²) in [5.74, 6) is 1.30. The number of hydrogen-bond donors (Lipinski definition) is 1. The number of aryl methyl sites for hydroxylation is 1. The summed E-state index contributed by atoms with van der Waals surface area (Å²) < 4.78 is 0. The zero-order valence-corrected chi connectivity index (χ0v) is 9.98. The second kappa shape index (κ2) is 5.12. The highest BCUT2D eigenvalue weighted by atomic mass is 16.6. The third kappa shape index (κ3) is 2.93. The standard InChI is InChI=1S/C12H17N3O2/c1-9-7-13-12(6-11(9)15(16)17)14-8-10-4-2-3-5-10/h6-7,10H,2-5,8H2,1H3,(H,13,14). The summed E-state index contributed by atoms with van der Waals surface area (Å²) >= 11 is 0. The summed E-state index contributed by atoms with van der Waals surface area (Å²) in [7, 11) is 0. The van der Waals surface area contributed by atoms with Crippen molar-refractivity contribution < 1.29 is 4.92 Å². The first-order valence-corrected chi connectivity index (χ1v) is 6.01. The Morgan fingerprint density at radius 2 is 2.24 bits per heavy atom. The quantitative estimate of drug-likeness (QED) is 0.643. The second-order valence-corrected chi connectivity index (χ2v) is 4.64. The summed E-state index contributed by atoms with van der Waals surface area (Å²) in [5, 5.41) is 14.0. The number of rotatable bonds is 4. The van der Waals surface area contributed by atoms with E-state index in [0.717, 1.165) is 6.54 Å². The van der Waals surface area contributed by atoms with Gasteiger partial charge in [-0.15, -0.1) is 0 Å². The molecule has 0 saturated heterocycles. The summed E-state index contributed by atoms with van der Waals surface area (Å²) in [6.45, 7) is 2.57. The number of hydrogen-bond acceptors (Lipinski definition) is 4. The molecule has 17 heavy (non-hydrogen) atoms. The molecule has 1 N–H and O–H groups in total. The Morgan fingerprint density at radius 3 is 2.88 bits per heavy atom. The number of nitrogens with one attached hydrogen (secondary N) is 1. The zero-order valence-electron chi connectivity index (χ0n) is 9.98. The molecule has 1 aromatic heterocycles. The van der Waals surface area contributed by atoms with Gasteiger partial charge in [0.2, 0.25) is 0 Å². The van der Waals surface area contributed by atoms with E-state index in [1.165, 1.54) is 31.7 Å². The summed E-state index contributed by atoms with van der Waals surface area (Å²) in [4.78, 5) is 14.6. The van der Waals surface area contributed by atoms with Crippen molar-refractivity contribution in [3.05, 3.63) is 27.9 Å². The predicted molar refractivity (Wildman–Crippen MR) is 66.1 cm³/mol. The molecule has 1 aliphatic rings. The molecule has 92 valence electrons. The van der Waals surface area contributed by atoms with E-state index < -0.39 is 0 Å². The van der Waals surface area contributed by atoms with Crippen LogP contribution in [-0.4, -0.2) is 16.5 Å².